The van der Waals surface area contributed by atoms with E-state index in [1.54, 1.807) is 6.20 Å². The first kappa shape index (κ1) is 16.2. The van der Waals surface area contributed by atoms with E-state index in [-0.39, 0.29) is 5.91 Å². The highest BCUT2D eigenvalue weighted by atomic mass is 79.9. The van der Waals surface area contributed by atoms with Crippen molar-refractivity contribution in [2.45, 2.75) is 24.9 Å². The number of nitrogens with zero attached hydrogens (tertiary/aromatic N) is 2. The number of carbonyl (C=O) groups excluding carboxylic acids is 1. The second-order valence-corrected chi connectivity index (χ2v) is 6.64. The summed E-state index contributed by atoms with van der Waals surface area (Å²) in [6, 6.07) is 8.03. The van der Waals surface area contributed by atoms with E-state index in [2.05, 4.69) is 26.2 Å². The van der Waals surface area contributed by atoms with E-state index in [1.807, 2.05) is 35.0 Å². The molecule has 1 aliphatic rings. The summed E-state index contributed by atoms with van der Waals surface area (Å²) >= 11 is 3.42. The monoisotopic (exact) mass is 378 g/mol. The highest BCUT2D eigenvalue weighted by molar-refractivity contribution is 9.10. The zero-order valence-corrected chi connectivity index (χ0v) is 14.3. The quantitative estimate of drug-likeness (QED) is 0.853. The van der Waals surface area contributed by atoms with Gasteiger partial charge in [0.05, 0.1) is 6.54 Å². The fourth-order valence-corrected chi connectivity index (χ4v) is 2.80. The van der Waals surface area contributed by atoms with E-state index >= 15 is 0 Å². The Labute approximate surface area is 143 Å². The van der Waals surface area contributed by atoms with Gasteiger partial charge in [0.15, 0.2) is 0 Å². The van der Waals surface area contributed by atoms with Gasteiger partial charge in [-0.15, -0.1) is 0 Å². The van der Waals surface area contributed by atoms with Crippen molar-refractivity contribution in [1.82, 2.24) is 9.55 Å². The predicted molar refractivity (Wildman–Crippen MR) is 91.1 cm³/mol. The van der Waals surface area contributed by atoms with Crippen LogP contribution in [0, 0.1) is 0 Å². The highest BCUT2D eigenvalue weighted by Gasteiger charge is 2.36. The summed E-state index contributed by atoms with van der Waals surface area (Å²) in [5.41, 5.74) is 6.44. The van der Waals surface area contributed by atoms with Crippen LogP contribution in [0.4, 0.5) is 5.95 Å². The zero-order chi connectivity index (χ0) is 16.3. The van der Waals surface area contributed by atoms with Crippen molar-refractivity contribution in [2.24, 2.45) is 5.73 Å². The van der Waals surface area contributed by atoms with Gasteiger partial charge in [-0.3, -0.25) is 10.1 Å². The minimum Gasteiger partial charge on any atom is -0.381 e. The van der Waals surface area contributed by atoms with Gasteiger partial charge in [0.1, 0.15) is 5.54 Å². The van der Waals surface area contributed by atoms with Crippen LogP contribution in [0.5, 0.6) is 0 Å². The number of aromatic nitrogens is 2. The first-order valence-corrected chi connectivity index (χ1v) is 8.30. The van der Waals surface area contributed by atoms with Crippen molar-refractivity contribution in [3.05, 3.63) is 46.7 Å². The van der Waals surface area contributed by atoms with E-state index in [0.29, 0.717) is 38.5 Å². The molecule has 0 bridgehead atoms. The number of halogens is 1. The Bertz CT molecular complexity index is 678. The Morgan fingerprint density at radius 2 is 2.04 bits per heavy atom. The van der Waals surface area contributed by atoms with Crippen LogP contribution in [0.1, 0.15) is 18.4 Å². The molecule has 3 rings (SSSR count). The van der Waals surface area contributed by atoms with Gasteiger partial charge in [-0.25, -0.2) is 4.98 Å². The fraction of sp³-hybridized carbons (Fsp3) is 0.375. The number of nitrogens with one attached hydrogen (secondary N) is 1. The molecule has 1 aromatic carbocycles. The summed E-state index contributed by atoms with van der Waals surface area (Å²) in [5, 5.41) is 2.86. The van der Waals surface area contributed by atoms with Crippen LogP contribution in [0.15, 0.2) is 41.1 Å². The molecule has 0 radical (unpaired) electrons. The zero-order valence-electron chi connectivity index (χ0n) is 12.7. The minimum absolute atomic E-state index is 0.205. The molecule has 0 aliphatic carbocycles. The number of ether oxygens (including phenoxy) is 1. The Balaban J connectivity index is 1.70. The van der Waals surface area contributed by atoms with Crippen molar-refractivity contribution in [3.63, 3.8) is 0 Å². The number of amides is 1. The van der Waals surface area contributed by atoms with Crippen LogP contribution in [0.2, 0.25) is 0 Å². The van der Waals surface area contributed by atoms with E-state index in [4.69, 9.17) is 10.5 Å². The number of carbonyl (C=O) groups is 1. The third kappa shape index (κ3) is 3.80. The van der Waals surface area contributed by atoms with Crippen LogP contribution >= 0.6 is 15.9 Å². The molecule has 2 heterocycles. The van der Waals surface area contributed by atoms with Crippen LogP contribution in [-0.4, -0.2) is 34.2 Å². The smallest absolute Gasteiger partial charge is 0.246 e. The molecule has 23 heavy (non-hydrogen) atoms. The summed E-state index contributed by atoms with van der Waals surface area (Å²) in [7, 11) is 0. The van der Waals surface area contributed by atoms with Crippen molar-refractivity contribution in [2.75, 3.05) is 18.5 Å². The highest BCUT2D eigenvalue weighted by Crippen LogP contribution is 2.20. The molecule has 3 N–H and O–H groups in total. The summed E-state index contributed by atoms with van der Waals surface area (Å²) in [4.78, 5) is 16.7. The molecule has 1 saturated heterocycles. The maximum absolute atomic E-state index is 12.5. The number of nitrogens with two attached hydrogens (primary N) is 1. The van der Waals surface area contributed by atoms with Gasteiger partial charge in [-0.05, 0) is 30.5 Å². The lowest BCUT2D eigenvalue weighted by atomic mass is 9.90. The summed E-state index contributed by atoms with van der Waals surface area (Å²) in [6.07, 6.45) is 4.55. The number of anilines is 1. The largest absolute Gasteiger partial charge is 0.381 e. The molecule has 122 valence electrons. The molecule has 7 heteroatoms. The first-order chi connectivity index (χ1) is 11.1. The average molecular weight is 379 g/mol. The number of rotatable bonds is 4. The van der Waals surface area contributed by atoms with Gasteiger partial charge in [0.2, 0.25) is 11.9 Å². The van der Waals surface area contributed by atoms with Crippen molar-refractivity contribution >= 4 is 27.8 Å². The van der Waals surface area contributed by atoms with Crippen molar-refractivity contribution < 1.29 is 9.53 Å². The molecule has 0 unspecified atom stereocenters. The molecule has 6 nitrogen and oxygen atoms in total. The van der Waals surface area contributed by atoms with Crippen molar-refractivity contribution in [1.29, 1.82) is 0 Å². The van der Waals surface area contributed by atoms with Gasteiger partial charge in [0.25, 0.3) is 0 Å². The molecule has 0 atom stereocenters. The van der Waals surface area contributed by atoms with Crippen molar-refractivity contribution in [3.8, 4) is 0 Å². The maximum Gasteiger partial charge on any atom is 0.246 e. The molecule has 1 aromatic heterocycles. The molecular formula is C16H19BrN4O2. The third-order valence-electron chi connectivity index (χ3n) is 4.04. The first-order valence-electron chi connectivity index (χ1n) is 7.50. The lowest BCUT2D eigenvalue weighted by Gasteiger charge is -2.31. The Morgan fingerprint density at radius 3 is 2.74 bits per heavy atom. The lowest BCUT2D eigenvalue weighted by molar-refractivity contribution is -0.124. The van der Waals surface area contributed by atoms with Gasteiger partial charge >= 0.3 is 0 Å². The number of benzene rings is 1. The molecule has 0 saturated carbocycles. The Hall–Kier alpha value is -1.70. The molecule has 1 aliphatic heterocycles. The summed E-state index contributed by atoms with van der Waals surface area (Å²) < 4.78 is 8.20. The molecule has 2 aromatic rings. The molecular weight excluding hydrogens is 360 g/mol. The number of imidazole rings is 1. The normalized spacial score (nSPS) is 17.0. The Kier molecular flexibility index (Phi) is 4.79. The third-order valence-corrected chi connectivity index (χ3v) is 4.57. The van der Waals surface area contributed by atoms with Gasteiger partial charge in [0, 0.05) is 30.1 Å². The maximum atomic E-state index is 12.5. The van der Waals surface area contributed by atoms with E-state index in [0.717, 1.165) is 10.0 Å². The number of hydrogen-bond donors (Lipinski definition) is 2. The lowest BCUT2D eigenvalue weighted by Crippen LogP contribution is -2.54. The van der Waals surface area contributed by atoms with Gasteiger partial charge in [-0.1, -0.05) is 28.1 Å². The fourth-order valence-electron chi connectivity index (χ4n) is 2.54. The second kappa shape index (κ2) is 6.82. The van der Waals surface area contributed by atoms with Gasteiger partial charge < -0.3 is 15.0 Å². The number of hydrogen-bond acceptors (Lipinski definition) is 4. The Morgan fingerprint density at radius 1 is 1.35 bits per heavy atom. The van der Waals surface area contributed by atoms with Crippen LogP contribution in [0.3, 0.4) is 0 Å². The average Bonchev–Trinajstić information content (AvgIpc) is 2.97. The summed E-state index contributed by atoms with van der Waals surface area (Å²) in [5.74, 6) is 0.304. The van der Waals surface area contributed by atoms with E-state index in [1.165, 1.54) is 0 Å². The molecule has 1 fully saturated rings. The van der Waals surface area contributed by atoms with E-state index in [9.17, 15) is 4.79 Å². The molecule has 0 spiro atoms. The molecule has 1 amide bonds. The minimum atomic E-state index is -0.882. The van der Waals surface area contributed by atoms with E-state index < -0.39 is 5.54 Å². The summed E-state index contributed by atoms with van der Waals surface area (Å²) in [6.45, 7) is 1.65. The van der Waals surface area contributed by atoms with Gasteiger partial charge in [-0.2, -0.15) is 0 Å². The van der Waals surface area contributed by atoms with Crippen LogP contribution in [-0.2, 0) is 16.1 Å². The standard InChI is InChI=1S/C16H19BrN4O2/c17-13-3-1-12(2-4-13)11-21-8-7-19-15(21)20-14(22)16(18)5-9-23-10-6-16/h1-4,7-8H,5-6,9-11,18H2,(H,19,20,22). The predicted octanol–water partition coefficient (Wildman–Crippen LogP) is 2.14. The SMILES string of the molecule is NC1(C(=O)Nc2nccn2Cc2ccc(Br)cc2)CCOCC1. The van der Waals surface area contributed by atoms with Crippen LogP contribution in [0.25, 0.3) is 0 Å². The van der Waals surface area contributed by atoms with Crippen LogP contribution < -0.4 is 11.1 Å². The second-order valence-electron chi connectivity index (χ2n) is 5.73. The topological polar surface area (TPSA) is 82.2 Å².